The molecular weight excluding hydrogens is 358 g/mol. The molecular formula is C18H14F6N2. The lowest BCUT2D eigenvalue weighted by molar-refractivity contribution is -0.318. The van der Waals surface area contributed by atoms with Gasteiger partial charge in [0, 0.05) is 13.1 Å². The Balaban J connectivity index is 1.98. The van der Waals surface area contributed by atoms with Gasteiger partial charge in [0.25, 0.3) is 0 Å². The fourth-order valence-electron chi connectivity index (χ4n) is 4.08. The molecule has 0 spiro atoms. The van der Waals surface area contributed by atoms with Gasteiger partial charge in [0.05, 0.1) is 12.1 Å². The summed E-state index contributed by atoms with van der Waals surface area (Å²) in [5, 5.41) is 0. The third-order valence-electron chi connectivity index (χ3n) is 5.05. The van der Waals surface area contributed by atoms with Crippen LogP contribution in [0.5, 0.6) is 0 Å². The van der Waals surface area contributed by atoms with Gasteiger partial charge in [-0.1, -0.05) is 48.5 Å². The predicted octanol–water partition coefficient (Wildman–Crippen LogP) is 5.11. The van der Waals surface area contributed by atoms with E-state index in [9.17, 15) is 26.3 Å². The molecule has 2 unspecified atom stereocenters. The molecule has 0 radical (unpaired) electrons. The van der Waals surface area contributed by atoms with E-state index in [1.165, 1.54) is 12.1 Å². The number of nitrogens with zero attached hydrogens (tertiary/aromatic N) is 2. The van der Waals surface area contributed by atoms with E-state index in [4.69, 9.17) is 0 Å². The summed E-state index contributed by atoms with van der Waals surface area (Å²) in [4.78, 5) is 0.462. The zero-order valence-corrected chi connectivity index (χ0v) is 13.3. The van der Waals surface area contributed by atoms with Crippen molar-refractivity contribution >= 4 is 0 Å². The quantitative estimate of drug-likeness (QED) is 0.469. The molecule has 8 heteroatoms. The van der Waals surface area contributed by atoms with Gasteiger partial charge in [-0.25, -0.2) is 9.80 Å². The van der Waals surface area contributed by atoms with Gasteiger partial charge < -0.3 is 0 Å². The second-order valence-corrected chi connectivity index (χ2v) is 6.39. The van der Waals surface area contributed by atoms with Gasteiger partial charge in [-0.05, 0) is 22.3 Å². The molecule has 0 bridgehead atoms. The Morgan fingerprint density at radius 1 is 0.615 bits per heavy atom. The smallest absolute Gasteiger partial charge is 0.204 e. The Morgan fingerprint density at radius 2 is 0.962 bits per heavy atom. The second kappa shape index (κ2) is 5.72. The molecule has 1 aliphatic carbocycles. The summed E-state index contributed by atoms with van der Waals surface area (Å²) in [7, 11) is 0. The summed E-state index contributed by atoms with van der Waals surface area (Å²) in [5.74, 6) is 0. The van der Waals surface area contributed by atoms with Gasteiger partial charge in [-0.15, -0.1) is 0 Å². The summed E-state index contributed by atoms with van der Waals surface area (Å²) in [6.07, 6.45) is -9.44. The molecule has 0 amide bonds. The van der Waals surface area contributed by atoms with Crippen molar-refractivity contribution in [1.82, 2.24) is 9.80 Å². The van der Waals surface area contributed by atoms with E-state index in [1.807, 2.05) is 0 Å². The second-order valence-electron chi connectivity index (χ2n) is 6.39. The minimum absolute atomic E-state index is 0.231. The van der Waals surface area contributed by atoms with E-state index in [0.29, 0.717) is 11.1 Å². The average Bonchev–Trinajstić information content (AvgIpc) is 2.59. The van der Waals surface area contributed by atoms with Crippen molar-refractivity contribution in [3.05, 3.63) is 59.7 Å². The Hall–Kier alpha value is -2.06. The number of benzene rings is 2. The first-order valence-electron chi connectivity index (χ1n) is 8.05. The molecule has 0 saturated carbocycles. The van der Waals surface area contributed by atoms with Crippen molar-refractivity contribution in [3.8, 4) is 11.1 Å². The summed E-state index contributed by atoms with van der Waals surface area (Å²) in [6.45, 7) is -1.47. The van der Waals surface area contributed by atoms with Crippen LogP contribution in [0.1, 0.15) is 23.2 Å². The minimum Gasteiger partial charge on any atom is -0.204 e. The number of hydrogen-bond donors (Lipinski definition) is 0. The van der Waals surface area contributed by atoms with E-state index >= 15 is 0 Å². The summed E-state index contributed by atoms with van der Waals surface area (Å²) >= 11 is 0. The normalized spacial score (nSPS) is 23.9. The van der Waals surface area contributed by atoms with Gasteiger partial charge in [0.2, 0.25) is 0 Å². The highest BCUT2D eigenvalue weighted by molar-refractivity contribution is 5.75. The van der Waals surface area contributed by atoms with E-state index < -0.39 is 37.8 Å². The number of fused-ring (bicyclic) bond motifs is 6. The van der Waals surface area contributed by atoms with E-state index in [0.717, 1.165) is 0 Å². The van der Waals surface area contributed by atoms with Gasteiger partial charge in [0.15, 0.2) is 0 Å². The third kappa shape index (κ3) is 2.59. The highest BCUT2D eigenvalue weighted by Gasteiger charge is 2.57. The van der Waals surface area contributed by atoms with Crippen LogP contribution in [0.25, 0.3) is 11.1 Å². The van der Waals surface area contributed by atoms with E-state index in [2.05, 4.69) is 0 Å². The minimum atomic E-state index is -4.72. The van der Waals surface area contributed by atoms with Crippen LogP contribution in [0.2, 0.25) is 0 Å². The van der Waals surface area contributed by atoms with Gasteiger partial charge in [-0.3, -0.25) is 0 Å². The fourth-order valence-corrected chi connectivity index (χ4v) is 4.08. The summed E-state index contributed by atoms with van der Waals surface area (Å²) < 4.78 is 81.8. The van der Waals surface area contributed by atoms with Crippen molar-refractivity contribution in [2.24, 2.45) is 0 Å². The maximum Gasteiger partial charge on any atom is 0.460 e. The van der Waals surface area contributed by atoms with Crippen LogP contribution >= 0.6 is 0 Å². The molecule has 1 saturated heterocycles. The maximum atomic E-state index is 13.6. The Kier molecular flexibility index (Phi) is 3.82. The van der Waals surface area contributed by atoms with Gasteiger partial charge in [0.1, 0.15) is 0 Å². The standard InChI is InChI=1S/C18H14F6N2/c19-17(20,21)25-9-10-26(18(22,23)24)16-14-8-4-2-6-12(14)11-5-1-3-7-13(11)15(16)25/h1-8,15-16H,9-10H2. The lowest BCUT2D eigenvalue weighted by Gasteiger charge is -2.51. The summed E-state index contributed by atoms with van der Waals surface area (Å²) in [6, 6.07) is 9.87. The first-order valence-corrected chi connectivity index (χ1v) is 8.05. The molecule has 1 fully saturated rings. The van der Waals surface area contributed by atoms with Gasteiger partial charge in [-0.2, -0.15) is 26.3 Å². The molecule has 2 nitrogen and oxygen atoms in total. The van der Waals surface area contributed by atoms with Crippen LogP contribution in [0.4, 0.5) is 26.3 Å². The van der Waals surface area contributed by atoms with Crippen molar-refractivity contribution < 1.29 is 26.3 Å². The monoisotopic (exact) mass is 372 g/mol. The van der Waals surface area contributed by atoms with Crippen LogP contribution in [-0.2, 0) is 0 Å². The zero-order chi connectivity index (χ0) is 18.7. The lowest BCUT2D eigenvalue weighted by atomic mass is 9.77. The van der Waals surface area contributed by atoms with Gasteiger partial charge >= 0.3 is 12.6 Å². The Bertz CT molecular complexity index is 759. The molecule has 1 heterocycles. The van der Waals surface area contributed by atoms with Crippen LogP contribution in [0.15, 0.2) is 48.5 Å². The van der Waals surface area contributed by atoms with Crippen LogP contribution in [-0.4, -0.2) is 35.5 Å². The van der Waals surface area contributed by atoms with Crippen molar-refractivity contribution in [3.63, 3.8) is 0 Å². The molecule has 0 aromatic heterocycles. The highest BCUT2D eigenvalue weighted by atomic mass is 19.4. The van der Waals surface area contributed by atoms with Crippen molar-refractivity contribution in [2.45, 2.75) is 24.7 Å². The Morgan fingerprint density at radius 3 is 1.31 bits per heavy atom. The topological polar surface area (TPSA) is 6.48 Å². The van der Waals surface area contributed by atoms with Crippen LogP contribution < -0.4 is 0 Å². The first-order chi connectivity index (χ1) is 12.2. The van der Waals surface area contributed by atoms with Crippen molar-refractivity contribution in [2.75, 3.05) is 13.1 Å². The van der Waals surface area contributed by atoms with Crippen molar-refractivity contribution in [1.29, 1.82) is 0 Å². The lowest BCUT2D eigenvalue weighted by Crippen LogP contribution is -2.59. The largest absolute Gasteiger partial charge is 0.460 e. The SMILES string of the molecule is FC(F)(F)N1CCN(C(F)(F)F)C2c3ccccc3-c3ccccc3C21. The third-order valence-corrected chi connectivity index (χ3v) is 5.05. The molecule has 2 aliphatic rings. The van der Waals surface area contributed by atoms with Crippen LogP contribution in [0.3, 0.4) is 0 Å². The predicted molar refractivity (Wildman–Crippen MR) is 82.9 cm³/mol. The number of piperazine rings is 1. The van der Waals surface area contributed by atoms with E-state index in [1.54, 1.807) is 36.4 Å². The van der Waals surface area contributed by atoms with E-state index in [-0.39, 0.29) is 20.9 Å². The molecule has 2 atom stereocenters. The number of alkyl halides is 6. The fraction of sp³-hybridized carbons (Fsp3) is 0.333. The molecule has 2 aromatic carbocycles. The molecule has 26 heavy (non-hydrogen) atoms. The first kappa shape index (κ1) is 17.4. The average molecular weight is 372 g/mol. The molecule has 138 valence electrons. The maximum absolute atomic E-state index is 13.6. The molecule has 2 aromatic rings. The summed E-state index contributed by atoms with van der Waals surface area (Å²) in [5.41, 5.74) is 1.62. The number of hydrogen-bond acceptors (Lipinski definition) is 2. The number of halogens is 6. The Labute approximate surface area is 145 Å². The molecule has 0 N–H and O–H groups in total. The zero-order valence-electron chi connectivity index (χ0n) is 13.3. The molecule has 4 rings (SSSR count). The number of rotatable bonds is 0. The highest BCUT2D eigenvalue weighted by Crippen LogP contribution is 2.55. The molecule has 1 aliphatic heterocycles. The van der Waals surface area contributed by atoms with Crippen LogP contribution in [0, 0.1) is 0 Å².